The fourth-order valence-corrected chi connectivity index (χ4v) is 1.83. The van der Waals surface area contributed by atoms with Crippen LogP contribution in [0.25, 0.3) is 0 Å². The summed E-state index contributed by atoms with van der Waals surface area (Å²) in [5.41, 5.74) is -0.967. The Bertz CT molecular complexity index is 680. The van der Waals surface area contributed by atoms with Crippen LogP contribution in [-0.4, -0.2) is 5.91 Å². The van der Waals surface area contributed by atoms with Gasteiger partial charge in [-0.3, -0.25) is 4.79 Å². The Balaban J connectivity index is 2.35. The minimum atomic E-state index is -4.84. The van der Waals surface area contributed by atoms with E-state index >= 15 is 0 Å². The van der Waals surface area contributed by atoms with Crippen LogP contribution in [0, 0.1) is 12.7 Å². The van der Waals surface area contributed by atoms with Crippen molar-refractivity contribution in [1.82, 2.24) is 0 Å². The van der Waals surface area contributed by atoms with Gasteiger partial charge < -0.3 is 5.32 Å². The Hall–Kier alpha value is -2.37. The predicted octanol–water partition coefficient (Wildman–Crippen LogP) is 4.41. The van der Waals surface area contributed by atoms with E-state index in [0.29, 0.717) is 11.8 Å². The minimum Gasteiger partial charge on any atom is -0.322 e. The summed E-state index contributed by atoms with van der Waals surface area (Å²) in [5, 5.41) is 2.40. The zero-order valence-electron chi connectivity index (χ0n) is 11.0. The first-order valence-corrected chi connectivity index (χ1v) is 6.03. The van der Waals surface area contributed by atoms with Crippen LogP contribution in [-0.2, 0) is 6.18 Å². The average molecular weight is 297 g/mol. The monoisotopic (exact) mass is 297 g/mol. The summed E-state index contributed by atoms with van der Waals surface area (Å²) >= 11 is 0. The maximum absolute atomic E-state index is 13.8. The number of hydrogen-bond donors (Lipinski definition) is 1. The Morgan fingerprint density at radius 2 is 1.71 bits per heavy atom. The number of aryl methyl sites for hydroxylation is 1. The van der Waals surface area contributed by atoms with Gasteiger partial charge in [0.15, 0.2) is 0 Å². The molecule has 2 nitrogen and oxygen atoms in total. The predicted molar refractivity (Wildman–Crippen MR) is 70.5 cm³/mol. The lowest BCUT2D eigenvalue weighted by atomic mass is 10.1. The van der Waals surface area contributed by atoms with Crippen molar-refractivity contribution in [3.63, 3.8) is 0 Å². The van der Waals surface area contributed by atoms with Gasteiger partial charge in [0.1, 0.15) is 5.82 Å². The van der Waals surface area contributed by atoms with E-state index in [0.717, 1.165) is 17.7 Å². The van der Waals surface area contributed by atoms with Crippen LogP contribution < -0.4 is 5.32 Å². The third-order valence-corrected chi connectivity index (χ3v) is 2.94. The molecule has 0 saturated carbocycles. The maximum atomic E-state index is 13.8. The lowest BCUT2D eigenvalue weighted by Gasteiger charge is -2.12. The molecule has 0 heterocycles. The van der Waals surface area contributed by atoms with Crippen LogP contribution >= 0.6 is 0 Å². The van der Waals surface area contributed by atoms with E-state index in [1.807, 2.05) is 0 Å². The summed E-state index contributed by atoms with van der Waals surface area (Å²) in [4.78, 5) is 11.9. The van der Waals surface area contributed by atoms with Crippen LogP contribution in [0.15, 0.2) is 42.5 Å². The number of hydrogen-bond acceptors (Lipinski definition) is 1. The van der Waals surface area contributed by atoms with Crippen molar-refractivity contribution in [2.75, 3.05) is 5.32 Å². The van der Waals surface area contributed by atoms with Crippen molar-refractivity contribution in [3.8, 4) is 0 Å². The molecule has 21 heavy (non-hydrogen) atoms. The number of rotatable bonds is 2. The summed E-state index contributed by atoms with van der Waals surface area (Å²) in [6.45, 7) is 1.72. The van der Waals surface area contributed by atoms with Gasteiger partial charge in [-0.2, -0.15) is 13.2 Å². The van der Waals surface area contributed by atoms with E-state index in [-0.39, 0.29) is 0 Å². The highest BCUT2D eigenvalue weighted by Gasteiger charge is 2.35. The maximum Gasteiger partial charge on any atom is 0.419 e. The SMILES string of the molecule is Cc1ccccc1NC(=O)c1cccc(C(F)(F)F)c1F. The number of anilines is 1. The number of amides is 1. The van der Waals surface area contributed by atoms with Crippen molar-refractivity contribution in [1.29, 1.82) is 0 Å². The highest BCUT2D eigenvalue weighted by atomic mass is 19.4. The number of carbonyl (C=O) groups is 1. The Morgan fingerprint density at radius 1 is 1.05 bits per heavy atom. The zero-order valence-corrected chi connectivity index (χ0v) is 11.0. The molecule has 0 bridgehead atoms. The van der Waals surface area contributed by atoms with Gasteiger partial charge in [-0.1, -0.05) is 24.3 Å². The molecule has 110 valence electrons. The van der Waals surface area contributed by atoms with E-state index in [4.69, 9.17) is 0 Å². The quantitative estimate of drug-likeness (QED) is 0.818. The van der Waals surface area contributed by atoms with Gasteiger partial charge in [0.2, 0.25) is 0 Å². The molecule has 0 aliphatic heterocycles. The highest BCUT2D eigenvalue weighted by molar-refractivity contribution is 6.05. The molecule has 0 aliphatic rings. The van der Waals surface area contributed by atoms with Crippen LogP contribution in [0.4, 0.5) is 23.2 Å². The Morgan fingerprint density at radius 3 is 2.33 bits per heavy atom. The van der Waals surface area contributed by atoms with Crippen molar-refractivity contribution >= 4 is 11.6 Å². The molecule has 2 rings (SSSR count). The molecule has 0 saturated heterocycles. The lowest BCUT2D eigenvalue weighted by molar-refractivity contribution is -0.140. The van der Waals surface area contributed by atoms with Gasteiger partial charge in [0.25, 0.3) is 5.91 Å². The molecular weight excluding hydrogens is 286 g/mol. The van der Waals surface area contributed by atoms with Crippen LogP contribution in [0.3, 0.4) is 0 Å². The normalized spacial score (nSPS) is 11.3. The molecule has 0 radical (unpaired) electrons. The molecule has 0 aromatic heterocycles. The number of para-hydroxylation sites is 1. The van der Waals surface area contributed by atoms with Crippen molar-refractivity contribution in [2.24, 2.45) is 0 Å². The van der Waals surface area contributed by atoms with Gasteiger partial charge in [0.05, 0.1) is 11.1 Å². The standard InChI is InChI=1S/C15H11F4NO/c1-9-5-2-3-8-12(9)20-14(21)10-6-4-7-11(13(10)16)15(17,18)19/h2-8H,1H3,(H,20,21). The number of benzene rings is 2. The van der Waals surface area contributed by atoms with Gasteiger partial charge in [-0.15, -0.1) is 0 Å². The van der Waals surface area contributed by atoms with E-state index in [9.17, 15) is 22.4 Å². The summed E-state index contributed by atoms with van der Waals surface area (Å²) in [5.74, 6) is -2.50. The first-order valence-electron chi connectivity index (χ1n) is 6.03. The summed E-state index contributed by atoms with van der Waals surface area (Å²) in [7, 11) is 0. The number of halogens is 4. The second-order valence-electron chi connectivity index (χ2n) is 4.43. The van der Waals surface area contributed by atoms with E-state index < -0.39 is 29.0 Å². The molecule has 0 spiro atoms. The van der Waals surface area contributed by atoms with Crippen molar-refractivity contribution in [3.05, 3.63) is 65.0 Å². The fraction of sp³-hybridized carbons (Fsp3) is 0.133. The summed E-state index contributed by atoms with van der Waals surface area (Å²) < 4.78 is 51.7. The topological polar surface area (TPSA) is 29.1 Å². The minimum absolute atomic E-state index is 0.416. The lowest BCUT2D eigenvalue weighted by Crippen LogP contribution is -2.17. The number of nitrogens with one attached hydrogen (secondary N) is 1. The molecule has 0 fully saturated rings. The third-order valence-electron chi connectivity index (χ3n) is 2.94. The van der Waals surface area contributed by atoms with Gasteiger partial charge in [-0.25, -0.2) is 4.39 Å². The van der Waals surface area contributed by atoms with Gasteiger partial charge >= 0.3 is 6.18 Å². The van der Waals surface area contributed by atoms with E-state index in [1.54, 1.807) is 31.2 Å². The van der Waals surface area contributed by atoms with Gasteiger partial charge in [0, 0.05) is 5.69 Å². The molecule has 2 aromatic rings. The molecule has 0 unspecified atom stereocenters. The Labute approximate surface area is 118 Å². The third kappa shape index (κ3) is 3.21. The number of alkyl halides is 3. The first kappa shape index (κ1) is 15.0. The smallest absolute Gasteiger partial charge is 0.322 e. The molecule has 0 atom stereocenters. The van der Waals surface area contributed by atoms with E-state index in [1.165, 1.54) is 0 Å². The largest absolute Gasteiger partial charge is 0.419 e. The van der Waals surface area contributed by atoms with E-state index in [2.05, 4.69) is 5.32 Å². The van der Waals surface area contributed by atoms with Gasteiger partial charge in [-0.05, 0) is 30.7 Å². The van der Waals surface area contributed by atoms with Crippen molar-refractivity contribution < 1.29 is 22.4 Å². The van der Waals surface area contributed by atoms with Crippen LogP contribution in [0.2, 0.25) is 0 Å². The number of carbonyl (C=O) groups excluding carboxylic acids is 1. The Kier molecular flexibility index (Phi) is 3.97. The summed E-state index contributed by atoms with van der Waals surface area (Å²) in [6.07, 6.45) is -4.84. The molecule has 1 N–H and O–H groups in total. The summed E-state index contributed by atoms with van der Waals surface area (Å²) in [6, 6.07) is 9.31. The van der Waals surface area contributed by atoms with Crippen molar-refractivity contribution in [2.45, 2.75) is 13.1 Å². The molecule has 6 heteroatoms. The zero-order chi connectivity index (χ0) is 15.6. The molecule has 0 aliphatic carbocycles. The van der Waals surface area contributed by atoms with Crippen LogP contribution in [0.5, 0.6) is 0 Å². The molecule has 2 aromatic carbocycles. The fourth-order valence-electron chi connectivity index (χ4n) is 1.83. The second-order valence-corrected chi connectivity index (χ2v) is 4.43. The molecular formula is C15H11F4NO. The average Bonchev–Trinajstić information content (AvgIpc) is 2.40. The van der Waals surface area contributed by atoms with Crippen LogP contribution in [0.1, 0.15) is 21.5 Å². The molecule has 1 amide bonds. The highest BCUT2D eigenvalue weighted by Crippen LogP contribution is 2.32. The second kappa shape index (κ2) is 5.55. The first-order chi connectivity index (χ1) is 9.80.